The van der Waals surface area contributed by atoms with E-state index in [1.807, 2.05) is 60.7 Å². The van der Waals surface area contributed by atoms with Gasteiger partial charge in [0.2, 0.25) is 0 Å². The van der Waals surface area contributed by atoms with Crippen LogP contribution >= 0.6 is 103 Å². The fourth-order valence-corrected chi connectivity index (χ4v) is 3.03. The molecule has 0 aromatic heterocycles. The van der Waals surface area contributed by atoms with E-state index in [0.717, 1.165) is 12.2 Å². The molecule has 0 amide bonds. The predicted molar refractivity (Wildman–Crippen MR) is 133 cm³/mol. The van der Waals surface area contributed by atoms with Crippen LogP contribution < -0.4 is 0 Å². The second-order valence-electron chi connectivity index (χ2n) is 4.25. The van der Waals surface area contributed by atoms with E-state index < -0.39 is 0 Å². The van der Waals surface area contributed by atoms with Gasteiger partial charge < -0.3 is 0 Å². The van der Waals surface area contributed by atoms with Gasteiger partial charge in [-0.2, -0.15) is 0 Å². The molecule has 0 unspecified atom stereocenters. The van der Waals surface area contributed by atoms with Crippen LogP contribution in [0.5, 0.6) is 0 Å². The number of benzene rings is 3. The molecule has 0 aliphatic heterocycles. The van der Waals surface area contributed by atoms with E-state index in [1.165, 1.54) is 3.57 Å². The van der Waals surface area contributed by atoms with E-state index in [9.17, 15) is 0 Å². The maximum Gasteiger partial charge on any atom is 0.0554 e. The molecule has 3 aromatic rings. The number of hydrogen-bond donors (Lipinski definition) is 0. The summed E-state index contributed by atoms with van der Waals surface area (Å²) in [5, 5.41) is 2.25. The molecule has 0 fully saturated rings. The van der Waals surface area contributed by atoms with Gasteiger partial charge in [0, 0.05) is 7.14 Å². The highest BCUT2D eigenvalue weighted by Crippen LogP contribution is 2.25. The molecule has 0 N–H and O–H groups in total. The maximum atomic E-state index is 5.72. The highest BCUT2D eigenvalue weighted by molar-refractivity contribution is 14.1. The van der Waals surface area contributed by atoms with E-state index in [2.05, 4.69) is 79.9 Å². The molecule has 0 heterocycles. The zero-order valence-corrected chi connectivity index (χ0v) is 20.9. The van der Waals surface area contributed by atoms with Crippen LogP contribution in [0.1, 0.15) is 0 Å². The van der Waals surface area contributed by atoms with Crippen LogP contribution in [-0.4, -0.2) is 0 Å². The summed E-state index contributed by atoms with van der Waals surface area (Å²) in [6.45, 7) is 0. The van der Waals surface area contributed by atoms with Crippen LogP contribution in [0.25, 0.3) is 0 Å². The Kier molecular flexibility index (Phi) is 12.3. The molecular weight excluding hydrogens is 703 g/mol. The summed E-state index contributed by atoms with van der Waals surface area (Å²) in [4.78, 5) is 0. The lowest BCUT2D eigenvalue weighted by atomic mass is 10.4. The van der Waals surface area contributed by atoms with E-state index in [-0.39, 0.29) is 0 Å². The molecule has 0 radical (unpaired) electrons. The van der Waals surface area contributed by atoms with Crippen molar-refractivity contribution in [3.63, 3.8) is 0 Å². The van der Waals surface area contributed by atoms with Crippen molar-refractivity contribution >= 4 is 103 Å². The SMILES string of the molecule is Clc1cccc(Cl)c1I.Clc1ccccc1I.Ic1ccccc1. The normalized spacial score (nSPS) is 9.25. The van der Waals surface area contributed by atoms with Gasteiger partial charge in [-0.1, -0.05) is 71.2 Å². The third kappa shape index (κ3) is 9.43. The molecule has 0 atom stereocenters. The lowest BCUT2D eigenvalue weighted by Gasteiger charge is -1.94. The van der Waals surface area contributed by atoms with Crippen LogP contribution in [0.4, 0.5) is 0 Å². The maximum absolute atomic E-state index is 5.72. The fraction of sp³-hybridized carbons (Fsp3) is 0. The third-order valence-electron chi connectivity index (χ3n) is 2.46. The van der Waals surface area contributed by atoms with Gasteiger partial charge in [-0.05, 0) is 104 Å². The minimum absolute atomic E-state index is 0.711. The zero-order valence-electron chi connectivity index (χ0n) is 12.2. The second kappa shape index (κ2) is 13.0. The molecule has 0 saturated heterocycles. The van der Waals surface area contributed by atoms with Gasteiger partial charge in [0.15, 0.2) is 0 Å². The summed E-state index contributed by atoms with van der Waals surface area (Å²) in [5.74, 6) is 0. The van der Waals surface area contributed by atoms with Gasteiger partial charge in [-0.25, -0.2) is 0 Å². The van der Waals surface area contributed by atoms with Gasteiger partial charge in [0.05, 0.1) is 18.6 Å². The summed E-state index contributed by atoms with van der Waals surface area (Å²) in [7, 11) is 0. The van der Waals surface area contributed by atoms with Crippen LogP contribution in [0.2, 0.25) is 15.1 Å². The first kappa shape index (κ1) is 22.8. The van der Waals surface area contributed by atoms with E-state index in [1.54, 1.807) is 0 Å². The Morgan fingerprint density at radius 3 is 1.29 bits per heavy atom. The highest BCUT2D eigenvalue weighted by atomic mass is 127. The van der Waals surface area contributed by atoms with Crippen molar-refractivity contribution in [3.8, 4) is 0 Å². The average molecular weight is 715 g/mol. The Balaban J connectivity index is 0.000000181. The molecule has 0 aliphatic carbocycles. The molecular formula is C18H12Cl3I3. The Morgan fingerprint density at radius 1 is 0.500 bits per heavy atom. The molecule has 0 nitrogen and oxygen atoms in total. The van der Waals surface area contributed by atoms with E-state index in [0.29, 0.717) is 10.0 Å². The van der Waals surface area contributed by atoms with Crippen LogP contribution in [-0.2, 0) is 0 Å². The molecule has 0 spiro atoms. The smallest absolute Gasteiger partial charge is 0.0554 e. The van der Waals surface area contributed by atoms with Gasteiger partial charge in [0.25, 0.3) is 0 Å². The van der Waals surface area contributed by atoms with Crippen molar-refractivity contribution < 1.29 is 0 Å². The van der Waals surface area contributed by atoms with Gasteiger partial charge in [-0.3, -0.25) is 0 Å². The Morgan fingerprint density at radius 2 is 0.958 bits per heavy atom. The van der Waals surface area contributed by atoms with E-state index >= 15 is 0 Å². The Labute approximate surface area is 198 Å². The second-order valence-corrected chi connectivity index (χ2v) is 8.95. The summed E-state index contributed by atoms with van der Waals surface area (Å²) in [6.07, 6.45) is 0. The largest absolute Gasteiger partial charge is 0.0832 e. The molecule has 0 saturated carbocycles. The van der Waals surface area contributed by atoms with E-state index in [4.69, 9.17) is 34.8 Å². The standard InChI is InChI=1S/C6H3Cl2I.C6H4ClI.C6H5I/c7-4-2-1-3-5(8)6(4)9;7-5-3-1-2-4-6(5)8;7-6-4-2-1-3-5-6/h1-3H;1-4H;1-5H. The molecule has 0 aliphatic rings. The minimum Gasteiger partial charge on any atom is -0.0832 e. The van der Waals surface area contributed by atoms with Crippen molar-refractivity contribution in [1.82, 2.24) is 0 Å². The Bertz CT molecular complexity index is 708. The topological polar surface area (TPSA) is 0 Å². The highest BCUT2D eigenvalue weighted by Gasteiger charge is 1.98. The predicted octanol–water partition coefficient (Wildman–Crippen LogP) is 8.83. The number of rotatable bonds is 0. The third-order valence-corrected chi connectivity index (χ3v) is 7.20. The summed E-state index contributed by atoms with van der Waals surface area (Å²) >= 11 is 23.7. The number of hydrogen-bond acceptors (Lipinski definition) is 0. The molecule has 0 bridgehead atoms. The summed E-state index contributed by atoms with van der Waals surface area (Å²) in [5.41, 5.74) is 0. The van der Waals surface area contributed by atoms with Gasteiger partial charge in [0.1, 0.15) is 0 Å². The fourth-order valence-electron chi connectivity index (χ4n) is 1.33. The van der Waals surface area contributed by atoms with Crippen LogP contribution in [0.15, 0.2) is 72.8 Å². The summed E-state index contributed by atoms with van der Waals surface area (Å²) < 4.78 is 3.31. The average Bonchev–Trinajstić information content (AvgIpc) is 2.57. The van der Waals surface area contributed by atoms with Crippen molar-refractivity contribution in [2.45, 2.75) is 0 Å². The number of halogens is 6. The first-order chi connectivity index (χ1) is 11.4. The van der Waals surface area contributed by atoms with Gasteiger partial charge in [-0.15, -0.1) is 0 Å². The first-order valence-corrected chi connectivity index (χ1v) is 11.0. The van der Waals surface area contributed by atoms with Crippen LogP contribution in [0.3, 0.4) is 0 Å². The summed E-state index contributed by atoms with van der Waals surface area (Å²) in [6, 6.07) is 23.4. The van der Waals surface area contributed by atoms with Gasteiger partial charge >= 0.3 is 0 Å². The zero-order chi connectivity index (χ0) is 17.9. The lowest BCUT2D eigenvalue weighted by molar-refractivity contribution is 1.64. The van der Waals surface area contributed by atoms with Crippen molar-refractivity contribution in [2.24, 2.45) is 0 Å². The molecule has 126 valence electrons. The molecule has 3 aromatic carbocycles. The molecule has 3 rings (SSSR count). The lowest BCUT2D eigenvalue weighted by Crippen LogP contribution is -1.73. The molecule has 6 heteroatoms. The quantitative estimate of drug-likeness (QED) is 0.161. The monoisotopic (exact) mass is 714 g/mol. The minimum atomic E-state index is 0.711. The Hall–Kier alpha value is 0.720. The van der Waals surface area contributed by atoms with Crippen LogP contribution in [0, 0.1) is 10.7 Å². The van der Waals surface area contributed by atoms with Crippen molar-refractivity contribution in [3.05, 3.63) is 98.6 Å². The first-order valence-electron chi connectivity index (χ1n) is 6.62. The molecule has 24 heavy (non-hydrogen) atoms. The van der Waals surface area contributed by atoms with Crippen molar-refractivity contribution in [2.75, 3.05) is 0 Å². The van der Waals surface area contributed by atoms with Crippen molar-refractivity contribution in [1.29, 1.82) is 0 Å².